The fraction of sp³-hybridized carbons (Fsp3) is 0.450. The van der Waals surface area contributed by atoms with E-state index >= 15 is 0 Å². The fourth-order valence-electron chi connectivity index (χ4n) is 3.17. The summed E-state index contributed by atoms with van der Waals surface area (Å²) in [6.45, 7) is 1.21. The highest BCUT2D eigenvalue weighted by Crippen LogP contribution is 2.14. The normalized spacial score (nSPS) is 17.8. The summed E-state index contributed by atoms with van der Waals surface area (Å²) >= 11 is 0. The Balaban J connectivity index is 2.00. The lowest BCUT2D eigenvalue weighted by molar-refractivity contribution is -0.140. The van der Waals surface area contributed by atoms with E-state index in [0.717, 1.165) is 4.90 Å². The largest absolute Gasteiger partial charge is 0.508 e. The van der Waals surface area contributed by atoms with Gasteiger partial charge in [-0.05, 0) is 37.5 Å². The zero-order chi connectivity index (χ0) is 23.8. The maximum absolute atomic E-state index is 12.7. The molecule has 7 N–H and O–H groups in total. The monoisotopic (exact) mass is 449 g/mol. The first kappa shape index (κ1) is 24.6. The van der Waals surface area contributed by atoms with E-state index in [1.165, 1.54) is 31.2 Å². The Morgan fingerprint density at radius 3 is 2.44 bits per heavy atom. The maximum atomic E-state index is 12.7. The predicted molar refractivity (Wildman–Crippen MR) is 111 cm³/mol. The fourth-order valence-corrected chi connectivity index (χ4v) is 3.17. The minimum Gasteiger partial charge on any atom is -0.508 e. The van der Waals surface area contributed by atoms with Gasteiger partial charge in [-0.15, -0.1) is 0 Å². The molecule has 174 valence electrons. The number of urea groups is 1. The molecule has 0 bridgehead atoms. The summed E-state index contributed by atoms with van der Waals surface area (Å²) in [5, 5.41) is 26.0. The van der Waals surface area contributed by atoms with Crippen LogP contribution >= 0.6 is 0 Å². The number of nitrogens with zero attached hydrogens (tertiary/aromatic N) is 1. The summed E-state index contributed by atoms with van der Waals surface area (Å²) in [7, 11) is 0. The van der Waals surface area contributed by atoms with Crippen LogP contribution in [0.4, 0.5) is 4.79 Å². The number of piperidine rings is 1. The van der Waals surface area contributed by atoms with E-state index < -0.39 is 47.8 Å². The van der Waals surface area contributed by atoms with Gasteiger partial charge in [0.1, 0.15) is 23.9 Å². The molecule has 0 spiro atoms. The Kier molecular flexibility index (Phi) is 8.53. The second-order valence-corrected chi connectivity index (χ2v) is 7.40. The second-order valence-electron chi connectivity index (χ2n) is 7.40. The molecule has 0 radical (unpaired) electrons. The molecule has 12 nitrogen and oxygen atoms in total. The van der Waals surface area contributed by atoms with E-state index in [2.05, 4.69) is 16.0 Å². The molecule has 1 aromatic carbocycles. The van der Waals surface area contributed by atoms with Crippen molar-refractivity contribution in [3.8, 4) is 5.75 Å². The number of hydrogen-bond acceptors (Lipinski definition) is 7. The molecule has 5 amide bonds. The van der Waals surface area contributed by atoms with E-state index in [1.807, 2.05) is 0 Å². The average molecular weight is 449 g/mol. The summed E-state index contributed by atoms with van der Waals surface area (Å²) in [6.07, 6.45) is 0.646. The average Bonchev–Trinajstić information content (AvgIpc) is 2.75. The van der Waals surface area contributed by atoms with Crippen molar-refractivity contribution in [1.82, 2.24) is 20.9 Å². The minimum atomic E-state index is -1.30. The van der Waals surface area contributed by atoms with Gasteiger partial charge in [0, 0.05) is 13.0 Å². The summed E-state index contributed by atoms with van der Waals surface area (Å²) in [5.74, 6) is -3.08. The standard InChI is InChI=1S/C20H27N5O7/c1-11(22-16(27)10-21)17(28)23-14-3-2-8-25(18(14)29)20(32)24-15(19(30)31)9-12-4-6-13(26)7-5-12/h4-7,11,14-15,26H,2-3,8-10,21H2,1H3,(H,22,27)(H,23,28)(H,24,32)(H,30,31). The molecular weight excluding hydrogens is 422 g/mol. The number of aromatic hydroxyl groups is 1. The third-order valence-electron chi connectivity index (χ3n) is 4.93. The van der Waals surface area contributed by atoms with Gasteiger partial charge in [0.25, 0.3) is 5.91 Å². The Bertz CT molecular complexity index is 874. The van der Waals surface area contributed by atoms with E-state index in [0.29, 0.717) is 18.4 Å². The van der Waals surface area contributed by atoms with Crippen molar-refractivity contribution in [1.29, 1.82) is 0 Å². The predicted octanol–water partition coefficient (Wildman–Crippen LogP) is -1.33. The highest BCUT2D eigenvalue weighted by Gasteiger charge is 2.35. The number of likely N-dealkylation sites (tertiary alicyclic amines) is 1. The van der Waals surface area contributed by atoms with Gasteiger partial charge in [-0.2, -0.15) is 0 Å². The Morgan fingerprint density at radius 1 is 1.19 bits per heavy atom. The van der Waals surface area contributed by atoms with Crippen LogP contribution in [0.1, 0.15) is 25.3 Å². The minimum absolute atomic E-state index is 0.0218. The SMILES string of the molecule is CC(NC(=O)CN)C(=O)NC1CCCN(C(=O)NC(Cc2ccc(O)cc2)C(=O)O)C1=O. The maximum Gasteiger partial charge on any atom is 0.326 e. The van der Waals surface area contributed by atoms with Gasteiger partial charge < -0.3 is 31.9 Å². The molecule has 0 aliphatic carbocycles. The molecule has 2 rings (SSSR count). The van der Waals surface area contributed by atoms with Crippen LogP contribution in [-0.4, -0.2) is 76.0 Å². The number of phenols is 1. The summed E-state index contributed by atoms with van der Waals surface area (Å²) < 4.78 is 0. The van der Waals surface area contributed by atoms with Crippen LogP contribution in [0.25, 0.3) is 0 Å². The Morgan fingerprint density at radius 2 is 1.84 bits per heavy atom. The molecule has 1 saturated heterocycles. The smallest absolute Gasteiger partial charge is 0.326 e. The number of hydrogen-bond donors (Lipinski definition) is 6. The first-order chi connectivity index (χ1) is 15.1. The lowest BCUT2D eigenvalue weighted by Crippen LogP contribution is -2.60. The third-order valence-corrected chi connectivity index (χ3v) is 4.93. The number of phenolic OH excluding ortho intramolecular Hbond substituents is 1. The van der Waals surface area contributed by atoms with Crippen molar-refractivity contribution >= 4 is 29.7 Å². The first-order valence-electron chi connectivity index (χ1n) is 10.0. The highest BCUT2D eigenvalue weighted by molar-refractivity contribution is 6.00. The zero-order valence-corrected chi connectivity index (χ0v) is 17.5. The topological polar surface area (TPSA) is 191 Å². The van der Waals surface area contributed by atoms with Gasteiger partial charge in [-0.3, -0.25) is 19.3 Å². The lowest BCUT2D eigenvalue weighted by Gasteiger charge is -2.32. The van der Waals surface area contributed by atoms with Crippen molar-refractivity contribution in [2.24, 2.45) is 5.73 Å². The molecule has 3 unspecified atom stereocenters. The van der Waals surface area contributed by atoms with Crippen LogP contribution in [0, 0.1) is 0 Å². The van der Waals surface area contributed by atoms with Crippen LogP contribution < -0.4 is 21.7 Å². The number of nitrogens with two attached hydrogens (primary N) is 1. The van der Waals surface area contributed by atoms with Gasteiger partial charge in [0.05, 0.1) is 6.54 Å². The van der Waals surface area contributed by atoms with Crippen LogP contribution in [0.5, 0.6) is 5.75 Å². The molecule has 1 aliphatic rings. The van der Waals surface area contributed by atoms with Crippen LogP contribution in [0.2, 0.25) is 0 Å². The van der Waals surface area contributed by atoms with Crippen molar-refractivity contribution in [3.63, 3.8) is 0 Å². The number of amides is 5. The number of rotatable bonds is 8. The van der Waals surface area contributed by atoms with Crippen molar-refractivity contribution in [3.05, 3.63) is 29.8 Å². The zero-order valence-electron chi connectivity index (χ0n) is 17.5. The Hall–Kier alpha value is -3.67. The summed E-state index contributed by atoms with van der Waals surface area (Å²) in [5.41, 5.74) is 5.76. The second kappa shape index (κ2) is 11.1. The number of benzene rings is 1. The number of carboxylic acids is 1. The molecular formula is C20H27N5O7. The van der Waals surface area contributed by atoms with Crippen LogP contribution in [-0.2, 0) is 25.6 Å². The molecule has 1 aliphatic heterocycles. The van der Waals surface area contributed by atoms with Crippen LogP contribution in [0.15, 0.2) is 24.3 Å². The molecule has 1 heterocycles. The van der Waals surface area contributed by atoms with E-state index in [-0.39, 0.29) is 25.3 Å². The molecule has 1 aromatic rings. The number of carboxylic acid groups (broad SMARTS) is 1. The van der Waals surface area contributed by atoms with Crippen LogP contribution in [0.3, 0.4) is 0 Å². The van der Waals surface area contributed by atoms with Gasteiger partial charge in [-0.25, -0.2) is 9.59 Å². The third kappa shape index (κ3) is 6.67. The molecule has 0 saturated carbocycles. The summed E-state index contributed by atoms with van der Waals surface area (Å²) in [6, 6.07) is 1.75. The van der Waals surface area contributed by atoms with Crippen molar-refractivity contribution < 1.29 is 34.2 Å². The van der Waals surface area contributed by atoms with Gasteiger partial charge in [0.2, 0.25) is 11.8 Å². The summed E-state index contributed by atoms with van der Waals surface area (Å²) in [4.78, 5) is 61.4. The van der Waals surface area contributed by atoms with Gasteiger partial charge >= 0.3 is 12.0 Å². The number of imide groups is 1. The quantitative estimate of drug-likeness (QED) is 0.281. The number of carbonyl (C=O) groups is 5. The highest BCUT2D eigenvalue weighted by atomic mass is 16.4. The molecule has 0 aromatic heterocycles. The number of nitrogens with one attached hydrogen (secondary N) is 3. The number of aliphatic carboxylic acids is 1. The van der Waals surface area contributed by atoms with Gasteiger partial charge in [0.15, 0.2) is 0 Å². The van der Waals surface area contributed by atoms with Gasteiger partial charge in [-0.1, -0.05) is 12.1 Å². The molecule has 12 heteroatoms. The van der Waals surface area contributed by atoms with E-state index in [1.54, 1.807) is 0 Å². The van der Waals surface area contributed by atoms with Crippen molar-refractivity contribution in [2.45, 2.75) is 44.3 Å². The van der Waals surface area contributed by atoms with E-state index in [9.17, 15) is 34.2 Å². The molecule has 3 atom stereocenters. The molecule has 1 fully saturated rings. The number of carbonyl (C=O) groups excluding carboxylic acids is 4. The van der Waals surface area contributed by atoms with Crippen molar-refractivity contribution in [2.75, 3.05) is 13.1 Å². The van der Waals surface area contributed by atoms with E-state index in [4.69, 9.17) is 5.73 Å². The lowest BCUT2D eigenvalue weighted by atomic mass is 10.0. The Labute approximate surface area is 184 Å². The first-order valence-corrected chi connectivity index (χ1v) is 10.0. The molecule has 32 heavy (non-hydrogen) atoms.